The summed E-state index contributed by atoms with van der Waals surface area (Å²) in [4.78, 5) is 12.7. The average molecular weight is 398 g/mol. The number of methoxy groups -OCH3 is 3. The predicted octanol–water partition coefficient (Wildman–Crippen LogP) is 5.29. The van der Waals surface area contributed by atoms with Gasteiger partial charge >= 0.3 is 0 Å². The third kappa shape index (κ3) is 4.21. The summed E-state index contributed by atoms with van der Waals surface area (Å²) in [5, 5.41) is 3.34. The summed E-state index contributed by atoms with van der Waals surface area (Å²) in [7, 11) is 4.74. The summed E-state index contributed by atoms with van der Waals surface area (Å²) in [6.45, 7) is 0. The molecular formula is C22H20ClNO4. The van der Waals surface area contributed by atoms with Crippen molar-refractivity contribution >= 4 is 23.2 Å². The molecule has 1 amide bonds. The zero-order chi connectivity index (χ0) is 20.1. The van der Waals surface area contributed by atoms with Crippen molar-refractivity contribution in [3.8, 4) is 28.4 Å². The quantitative estimate of drug-likeness (QED) is 0.614. The molecule has 0 aliphatic carbocycles. The van der Waals surface area contributed by atoms with Crippen molar-refractivity contribution in [3.63, 3.8) is 0 Å². The predicted molar refractivity (Wildman–Crippen MR) is 111 cm³/mol. The molecule has 6 heteroatoms. The van der Waals surface area contributed by atoms with E-state index in [1.54, 1.807) is 38.5 Å². The molecule has 28 heavy (non-hydrogen) atoms. The minimum absolute atomic E-state index is 0.315. The van der Waals surface area contributed by atoms with Crippen LogP contribution in [0.15, 0.2) is 60.7 Å². The Morgan fingerprint density at radius 3 is 2.14 bits per heavy atom. The Balaban J connectivity index is 1.93. The van der Waals surface area contributed by atoms with Gasteiger partial charge in [-0.2, -0.15) is 0 Å². The molecule has 0 bridgehead atoms. The second-order valence-corrected chi connectivity index (χ2v) is 6.38. The Labute approximate surface area is 168 Å². The van der Waals surface area contributed by atoms with Crippen LogP contribution in [0, 0.1) is 0 Å². The average Bonchev–Trinajstić information content (AvgIpc) is 2.73. The molecule has 3 aromatic rings. The Morgan fingerprint density at radius 1 is 0.821 bits per heavy atom. The number of anilines is 1. The summed E-state index contributed by atoms with van der Waals surface area (Å²) in [6, 6.07) is 18.0. The molecule has 0 aliphatic heterocycles. The second-order valence-electron chi connectivity index (χ2n) is 5.94. The fourth-order valence-electron chi connectivity index (χ4n) is 2.84. The SMILES string of the molecule is COc1ccc(-c2cc(NC(=O)c3cc(Cl)ccc3OC)ccc2OC)cc1. The first-order valence-electron chi connectivity index (χ1n) is 8.53. The Morgan fingerprint density at radius 2 is 1.50 bits per heavy atom. The van der Waals surface area contributed by atoms with E-state index in [0.29, 0.717) is 27.8 Å². The van der Waals surface area contributed by atoms with Crippen LogP contribution in [-0.4, -0.2) is 27.2 Å². The van der Waals surface area contributed by atoms with E-state index < -0.39 is 0 Å². The van der Waals surface area contributed by atoms with Crippen LogP contribution >= 0.6 is 11.6 Å². The highest BCUT2D eigenvalue weighted by Gasteiger charge is 2.15. The van der Waals surface area contributed by atoms with Crippen LogP contribution in [0.4, 0.5) is 5.69 Å². The molecule has 0 fully saturated rings. The number of carbonyl (C=O) groups excluding carboxylic acids is 1. The maximum absolute atomic E-state index is 12.7. The Kier molecular flexibility index (Phi) is 6.06. The first-order chi connectivity index (χ1) is 13.5. The standard InChI is InChI=1S/C22H20ClNO4/c1-26-17-8-4-14(5-9-17)18-13-16(7-11-20(18)27-2)24-22(25)19-12-15(23)6-10-21(19)28-3/h4-13H,1-3H3,(H,24,25). The van der Waals surface area contributed by atoms with E-state index in [9.17, 15) is 4.79 Å². The maximum atomic E-state index is 12.7. The van der Waals surface area contributed by atoms with E-state index >= 15 is 0 Å². The number of carbonyl (C=O) groups is 1. The van der Waals surface area contributed by atoms with Crippen LogP contribution in [-0.2, 0) is 0 Å². The highest BCUT2D eigenvalue weighted by atomic mass is 35.5. The van der Waals surface area contributed by atoms with Gasteiger partial charge < -0.3 is 19.5 Å². The summed E-state index contributed by atoms with van der Waals surface area (Å²) in [6.07, 6.45) is 0. The molecule has 1 N–H and O–H groups in total. The van der Waals surface area contributed by atoms with Gasteiger partial charge in [-0.15, -0.1) is 0 Å². The van der Waals surface area contributed by atoms with E-state index in [-0.39, 0.29) is 5.91 Å². The maximum Gasteiger partial charge on any atom is 0.259 e. The molecule has 0 aliphatic rings. The molecule has 144 valence electrons. The van der Waals surface area contributed by atoms with Crippen LogP contribution in [0.5, 0.6) is 17.2 Å². The molecule has 0 aromatic heterocycles. The molecule has 3 aromatic carbocycles. The number of halogens is 1. The number of rotatable bonds is 6. The number of hydrogen-bond acceptors (Lipinski definition) is 4. The highest BCUT2D eigenvalue weighted by molar-refractivity contribution is 6.31. The lowest BCUT2D eigenvalue weighted by atomic mass is 10.0. The summed E-state index contributed by atoms with van der Waals surface area (Å²) < 4.78 is 15.9. The Bertz CT molecular complexity index is 986. The lowest BCUT2D eigenvalue weighted by Crippen LogP contribution is -2.13. The minimum Gasteiger partial charge on any atom is -0.497 e. The fourth-order valence-corrected chi connectivity index (χ4v) is 3.01. The summed E-state index contributed by atoms with van der Waals surface area (Å²) >= 11 is 6.03. The van der Waals surface area contributed by atoms with Crippen molar-refractivity contribution < 1.29 is 19.0 Å². The molecular weight excluding hydrogens is 378 g/mol. The first-order valence-corrected chi connectivity index (χ1v) is 8.91. The normalized spacial score (nSPS) is 10.3. The molecule has 0 radical (unpaired) electrons. The van der Waals surface area contributed by atoms with Gasteiger partial charge in [-0.25, -0.2) is 0 Å². The van der Waals surface area contributed by atoms with Crippen LogP contribution in [0.3, 0.4) is 0 Å². The monoisotopic (exact) mass is 397 g/mol. The van der Waals surface area contributed by atoms with Gasteiger partial charge in [0.1, 0.15) is 17.2 Å². The third-order valence-electron chi connectivity index (χ3n) is 4.26. The second kappa shape index (κ2) is 8.67. The third-order valence-corrected chi connectivity index (χ3v) is 4.50. The number of ether oxygens (including phenoxy) is 3. The van der Waals surface area contributed by atoms with Gasteiger partial charge in [-0.3, -0.25) is 4.79 Å². The highest BCUT2D eigenvalue weighted by Crippen LogP contribution is 2.34. The smallest absolute Gasteiger partial charge is 0.259 e. The van der Waals surface area contributed by atoms with E-state index in [1.807, 2.05) is 36.4 Å². The largest absolute Gasteiger partial charge is 0.497 e. The fraction of sp³-hybridized carbons (Fsp3) is 0.136. The molecule has 0 unspecified atom stereocenters. The van der Waals surface area contributed by atoms with Crippen molar-refractivity contribution in [1.82, 2.24) is 0 Å². The number of amides is 1. The topological polar surface area (TPSA) is 56.8 Å². The van der Waals surface area contributed by atoms with Crippen molar-refractivity contribution in [2.45, 2.75) is 0 Å². The van der Waals surface area contributed by atoms with Crippen LogP contribution in [0.25, 0.3) is 11.1 Å². The van der Waals surface area contributed by atoms with E-state index in [1.165, 1.54) is 7.11 Å². The number of hydrogen-bond donors (Lipinski definition) is 1. The first kappa shape index (κ1) is 19.6. The molecule has 0 heterocycles. The van der Waals surface area contributed by atoms with Gasteiger partial charge in [-0.1, -0.05) is 23.7 Å². The van der Waals surface area contributed by atoms with Crippen molar-refractivity contribution in [1.29, 1.82) is 0 Å². The van der Waals surface area contributed by atoms with Gasteiger partial charge in [0.25, 0.3) is 5.91 Å². The molecule has 0 saturated heterocycles. The van der Waals surface area contributed by atoms with Crippen LogP contribution < -0.4 is 19.5 Å². The van der Waals surface area contributed by atoms with E-state index in [2.05, 4.69) is 5.32 Å². The number of benzene rings is 3. The lowest BCUT2D eigenvalue weighted by molar-refractivity contribution is 0.102. The van der Waals surface area contributed by atoms with Gasteiger partial charge in [0.2, 0.25) is 0 Å². The van der Waals surface area contributed by atoms with E-state index in [0.717, 1.165) is 16.9 Å². The van der Waals surface area contributed by atoms with Gasteiger partial charge in [-0.05, 0) is 54.1 Å². The molecule has 0 spiro atoms. The molecule has 0 atom stereocenters. The van der Waals surface area contributed by atoms with Crippen molar-refractivity contribution in [3.05, 3.63) is 71.2 Å². The van der Waals surface area contributed by atoms with Crippen LogP contribution in [0.2, 0.25) is 5.02 Å². The van der Waals surface area contributed by atoms with Gasteiger partial charge in [0, 0.05) is 16.3 Å². The Hall–Kier alpha value is -3.18. The zero-order valence-electron chi connectivity index (χ0n) is 15.8. The van der Waals surface area contributed by atoms with Crippen molar-refractivity contribution in [2.75, 3.05) is 26.6 Å². The van der Waals surface area contributed by atoms with Gasteiger partial charge in [0.05, 0.1) is 26.9 Å². The van der Waals surface area contributed by atoms with E-state index in [4.69, 9.17) is 25.8 Å². The van der Waals surface area contributed by atoms with Crippen LogP contribution in [0.1, 0.15) is 10.4 Å². The molecule has 0 saturated carbocycles. The lowest BCUT2D eigenvalue weighted by Gasteiger charge is -2.13. The number of nitrogens with one attached hydrogen (secondary N) is 1. The van der Waals surface area contributed by atoms with Gasteiger partial charge in [0.15, 0.2) is 0 Å². The van der Waals surface area contributed by atoms with Crippen molar-refractivity contribution in [2.24, 2.45) is 0 Å². The summed E-state index contributed by atoms with van der Waals surface area (Å²) in [5.74, 6) is 1.60. The summed E-state index contributed by atoms with van der Waals surface area (Å²) in [5.41, 5.74) is 2.77. The molecule has 3 rings (SSSR count). The minimum atomic E-state index is -0.315. The molecule has 5 nitrogen and oxygen atoms in total. The zero-order valence-corrected chi connectivity index (χ0v) is 16.5.